The number of aromatic nitrogens is 1. The second-order valence-electron chi connectivity index (χ2n) is 4.42. The van der Waals surface area contributed by atoms with Crippen LogP contribution >= 0.6 is 0 Å². The molecule has 0 spiro atoms. The van der Waals surface area contributed by atoms with E-state index in [2.05, 4.69) is 10.3 Å². The van der Waals surface area contributed by atoms with Crippen LogP contribution in [0.3, 0.4) is 0 Å². The van der Waals surface area contributed by atoms with E-state index in [0.717, 1.165) is 0 Å². The van der Waals surface area contributed by atoms with Gasteiger partial charge in [-0.2, -0.15) is 0 Å². The summed E-state index contributed by atoms with van der Waals surface area (Å²) in [6.45, 7) is 3.81. The lowest BCUT2D eigenvalue weighted by molar-refractivity contribution is -0.385. The molecule has 0 aliphatic carbocycles. The summed E-state index contributed by atoms with van der Waals surface area (Å²) in [5, 5.41) is 22.4. The van der Waals surface area contributed by atoms with Crippen LogP contribution < -0.4 is 5.32 Å². The molecule has 104 valence electrons. The first-order chi connectivity index (χ1) is 8.91. The number of anilines is 1. The minimum Gasteiger partial charge on any atom is -0.481 e. The Bertz CT molecular complexity index is 476. The number of carboxylic acids is 1. The topological polar surface area (TPSA) is 105 Å². The number of aryl methyl sites for hydroxylation is 1. The van der Waals surface area contributed by atoms with Gasteiger partial charge in [-0.3, -0.25) is 14.9 Å². The molecule has 0 aliphatic heterocycles. The summed E-state index contributed by atoms with van der Waals surface area (Å²) in [5.41, 5.74) is 0.534. The lowest BCUT2D eigenvalue weighted by Gasteiger charge is -2.08. The van der Waals surface area contributed by atoms with E-state index in [1.54, 1.807) is 13.8 Å². The number of nitro groups is 1. The third kappa shape index (κ3) is 4.53. The molecule has 0 bridgehead atoms. The number of aliphatic carboxylic acids is 1. The number of nitrogens with zero attached hydrogens (tertiary/aromatic N) is 2. The van der Waals surface area contributed by atoms with Crippen molar-refractivity contribution in [2.45, 2.75) is 26.7 Å². The third-order valence-corrected chi connectivity index (χ3v) is 2.81. The van der Waals surface area contributed by atoms with E-state index in [1.807, 2.05) is 0 Å². The van der Waals surface area contributed by atoms with Crippen molar-refractivity contribution in [2.75, 3.05) is 11.9 Å². The number of nitrogens with one attached hydrogen (secondary N) is 1. The lowest BCUT2D eigenvalue weighted by atomic mass is 10.1. The molecule has 1 atom stereocenters. The number of hydrogen-bond acceptors (Lipinski definition) is 5. The molecular formula is C12H17N3O4. The SMILES string of the molecule is Cc1cnc(NCCCC(C)C(=O)O)cc1[N+](=O)[O-]. The Morgan fingerprint density at radius 3 is 2.89 bits per heavy atom. The van der Waals surface area contributed by atoms with E-state index >= 15 is 0 Å². The Labute approximate surface area is 110 Å². The Hall–Kier alpha value is -2.18. The van der Waals surface area contributed by atoms with Crippen LogP contribution in [-0.2, 0) is 4.79 Å². The molecule has 2 N–H and O–H groups in total. The zero-order valence-corrected chi connectivity index (χ0v) is 10.9. The highest BCUT2D eigenvalue weighted by atomic mass is 16.6. The van der Waals surface area contributed by atoms with Gasteiger partial charge in [-0.15, -0.1) is 0 Å². The Balaban J connectivity index is 2.48. The molecule has 0 aromatic carbocycles. The minimum absolute atomic E-state index is 0.0244. The van der Waals surface area contributed by atoms with Gasteiger partial charge in [0.1, 0.15) is 5.82 Å². The highest BCUT2D eigenvalue weighted by Crippen LogP contribution is 2.19. The fraction of sp³-hybridized carbons (Fsp3) is 0.500. The van der Waals surface area contributed by atoms with Gasteiger partial charge in [0.15, 0.2) is 0 Å². The van der Waals surface area contributed by atoms with Crippen LogP contribution in [0.25, 0.3) is 0 Å². The van der Waals surface area contributed by atoms with E-state index in [-0.39, 0.29) is 11.6 Å². The van der Waals surface area contributed by atoms with Crippen molar-refractivity contribution in [3.8, 4) is 0 Å². The van der Waals surface area contributed by atoms with Crippen molar-refractivity contribution < 1.29 is 14.8 Å². The summed E-state index contributed by atoms with van der Waals surface area (Å²) < 4.78 is 0. The molecule has 7 nitrogen and oxygen atoms in total. The minimum atomic E-state index is -0.816. The first kappa shape index (κ1) is 14.9. The van der Waals surface area contributed by atoms with Crippen LogP contribution in [0.2, 0.25) is 0 Å². The number of hydrogen-bond donors (Lipinski definition) is 2. The van der Waals surface area contributed by atoms with Crippen molar-refractivity contribution in [1.82, 2.24) is 4.98 Å². The summed E-state index contributed by atoms with van der Waals surface area (Å²) in [6.07, 6.45) is 2.66. The van der Waals surface area contributed by atoms with Crippen LogP contribution in [0.5, 0.6) is 0 Å². The maximum atomic E-state index is 10.8. The zero-order chi connectivity index (χ0) is 14.4. The predicted octanol–water partition coefficient (Wildman–Crippen LogP) is 2.21. The monoisotopic (exact) mass is 267 g/mol. The van der Waals surface area contributed by atoms with E-state index in [9.17, 15) is 14.9 Å². The maximum Gasteiger partial charge on any atom is 0.306 e. The number of pyridine rings is 1. The van der Waals surface area contributed by atoms with Gasteiger partial charge in [0.25, 0.3) is 5.69 Å². The lowest BCUT2D eigenvalue weighted by Crippen LogP contribution is -2.12. The quantitative estimate of drug-likeness (QED) is 0.445. The number of carboxylic acid groups (broad SMARTS) is 1. The number of rotatable bonds is 7. The second-order valence-corrected chi connectivity index (χ2v) is 4.42. The van der Waals surface area contributed by atoms with E-state index in [0.29, 0.717) is 30.8 Å². The molecule has 0 aliphatic rings. The normalized spacial score (nSPS) is 11.9. The molecule has 1 unspecified atom stereocenters. The van der Waals surface area contributed by atoms with Gasteiger partial charge in [0.05, 0.1) is 16.9 Å². The summed E-state index contributed by atoms with van der Waals surface area (Å²) in [5.74, 6) is -0.772. The Kier molecular flexibility index (Phi) is 5.23. The highest BCUT2D eigenvalue weighted by Gasteiger charge is 2.12. The van der Waals surface area contributed by atoms with Crippen molar-refractivity contribution in [2.24, 2.45) is 5.92 Å². The fourth-order valence-electron chi connectivity index (χ4n) is 1.55. The van der Waals surface area contributed by atoms with Crippen LogP contribution in [0.1, 0.15) is 25.3 Å². The molecule has 7 heteroatoms. The van der Waals surface area contributed by atoms with Crippen molar-refractivity contribution in [1.29, 1.82) is 0 Å². The molecule has 0 radical (unpaired) electrons. The van der Waals surface area contributed by atoms with Crippen molar-refractivity contribution in [3.05, 3.63) is 27.9 Å². The van der Waals surface area contributed by atoms with Gasteiger partial charge >= 0.3 is 5.97 Å². The smallest absolute Gasteiger partial charge is 0.306 e. The molecule has 1 rings (SSSR count). The van der Waals surface area contributed by atoms with Gasteiger partial charge in [-0.1, -0.05) is 6.92 Å². The second kappa shape index (κ2) is 6.67. The summed E-state index contributed by atoms with van der Waals surface area (Å²) >= 11 is 0. The molecule has 1 heterocycles. The largest absolute Gasteiger partial charge is 0.481 e. The first-order valence-corrected chi connectivity index (χ1v) is 5.99. The van der Waals surface area contributed by atoms with Crippen molar-refractivity contribution >= 4 is 17.5 Å². The molecule has 0 amide bonds. The third-order valence-electron chi connectivity index (χ3n) is 2.81. The summed E-state index contributed by atoms with van der Waals surface area (Å²) in [7, 11) is 0. The van der Waals surface area contributed by atoms with Crippen LogP contribution in [0.4, 0.5) is 11.5 Å². The van der Waals surface area contributed by atoms with Gasteiger partial charge in [-0.25, -0.2) is 4.98 Å². The fourth-order valence-corrected chi connectivity index (χ4v) is 1.55. The van der Waals surface area contributed by atoms with Gasteiger partial charge in [0.2, 0.25) is 0 Å². The first-order valence-electron chi connectivity index (χ1n) is 5.99. The van der Waals surface area contributed by atoms with Crippen LogP contribution in [-0.4, -0.2) is 27.5 Å². The number of carbonyl (C=O) groups is 1. The summed E-state index contributed by atoms with van der Waals surface area (Å²) in [6, 6.07) is 1.38. The average Bonchev–Trinajstić information content (AvgIpc) is 2.35. The molecule has 0 saturated heterocycles. The molecule has 19 heavy (non-hydrogen) atoms. The van der Waals surface area contributed by atoms with E-state index in [4.69, 9.17) is 5.11 Å². The van der Waals surface area contributed by atoms with E-state index in [1.165, 1.54) is 12.3 Å². The molecule has 1 aromatic heterocycles. The molecular weight excluding hydrogens is 250 g/mol. The maximum absolute atomic E-state index is 10.8. The van der Waals surface area contributed by atoms with Gasteiger partial charge in [0, 0.05) is 18.3 Å². The molecule has 1 aromatic rings. The summed E-state index contributed by atoms with van der Waals surface area (Å²) in [4.78, 5) is 25.0. The van der Waals surface area contributed by atoms with Gasteiger partial charge < -0.3 is 10.4 Å². The Morgan fingerprint density at radius 1 is 1.63 bits per heavy atom. The molecule has 0 saturated carbocycles. The van der Waals surface area contributed by atoms with E-state index < -0.39 is 10.9 Å². The Morgan fingerprint density at radius 2 is 2.32 bits per heavy atom. The van der Waals surface area contributed by atoms with Crippen LogP contribution in [0.15, 0.2) is 12.3 Å². The predicted molar refractivity (Wildman–Crippen MR) is 70.2 cm³/mol. The molecule has 0 fully saturated rings. The van der Waals surface area contributed by atoms with Crippen molar-refractivity contribution in [3.63, 3.8) is 0 Å². The standard InChI is InChI=1S/C12H17N3O4/c1-8(12(16)17)4-3-5-13-11-6-10(15(18)19)9(2)7-14-11/h6-8H,3-5H2,1-2H3,(H,13,14)(H,16,17). The average molecular weight is 267 g/mol. The van der Waals surface area contributed by atoms with Crippen LogP contribution in [0, 0.1) is 23.0 Å². The highest BCUT2D eigenvalue weighted by molar-refractivity contribution is 5.69. The van der Waals surface area contributed by atoms with Gasteiger partial charge in [-0.05, 0) is 19.8 Å². The zero-order valence-electron chi connectivity index (χ0n) is 10.9.